The Labute approximate surface area is 153 Å². The highest BCUT2D eigenvalue weighted by molar-refractivity contribution is 7.88. The molecule has 1 fully saturated rings. The first-order chi connectivity index (χ1) is 12.7. The summed E-state index contributed by atoms with van der Waals surface area (Å²) in [5.74, 6) is -3.24. The maximum atomic E-state index is 13.6. The molecule has 0 aliphatic carbocycles. The Bertz CT molecular complexity index is 1120. The van der Waals surface area contributed by atoms with Crippen molar-refractivity contribution in [3.63, 3.8) is 0 Å². The van der Waals surface area contributed by atoms with Gasteiger partial charge in [-0.2, -0.15) is 9.49 Å². The number of hydrogen-bond donors (Lipinski definition) is 2. The number of fused-ring (bicyclic) bond motifs is 1. The average molecular weight is 394 g/mol. The predicted octanol–water partition coefficient (Wildman–Crippen LogP) is 1.75. The molecule has 2 N–H and O–H groups in total. The highest BCUT2D eigenvalue weighted by Crippen LogP contribution is 2.29. The number of nitrogens with one attached hydrogen (secondary N) is 1. The highest BCUT2D eigenvalue weighted by Gasteiger charge is 2.29. The number of hydrogen-bond acceptors (Lipinski definition) is 5. The molecule has 1 aliphatic heterocycles. The van der Waals surface area contributed by atoms with Gasteiger partial charge in [-0.05, 0) is 18.2 Å². The Morgan fingerprint density at radius 2 is 1.93 bits per heavy atom. The second kappa shape index (κ2) is 6.17. The lowest BCUT2D eigenvalue weighted by molar-refractivity contribution is 0.406. The molecule has 2 aromatic carbocycles. The fourth-order valence-corrected chi connectivity index (χ4v) is 3.93. The normalized spacial score (nSPS) is 15.3. The maximum absolute atomic E-state index is 13.6. The molecule has 0 radical (unpaired) electrons. The lowest BCUT2D eigenvalue weighted by atomic mass is 10.1. The minimum Gasteiger partial charge on any atom is -0.505 e. The van der Waals surface area contributed by atoms with E-state index in [0.29, 0.717) is 18.6 Å². The van der Waals surface area contributed by atoms with E-state index in [4.69, 9.17) is 0 Å². The van der Waals surface area contributed by atoms with Gasteiger partial charge in [0.25, 0.3) is 0 Å². The van der Waals surface area contributed by atoms with Crippen LogP contribution in [0.25, 0.3) is 16.6 Å². The van der Waals surface area contributed by atoms with E-state index >= 15 is 0 Å². The third-order valence-electron chi connectivity index (χ3n) is 4.42. The van der Waals surface area contributed by atoms with Crippen LogP contribution in [-0.2, 0) is 10.0 Å². The molecule has 4 rings (SSSR count). The van der Waals surface area contributed by atoms with E-state index in [2.05, 4.69) is 9.82 Å². The van der Waals surface area contributed by atoms with E-state index in [0.717, 1.165) is 29.5 Å². The molecule has 1 aromatic heterocycles. The second-order valence-electron chi connectivity index (χ2n) is 6.55. The van der Waals surface area contributed by atoms with Crippen LogP contribution in [0, 0.1) is 11.6 Å². The van der Waals surface area contributed by atoms with Crippen molar-refractivity contribution in [1.29, 1.82) is 0 Å². The molecule has 0 atom stereocenters. The molecule has 27 heavy (non-hydrogen) atoms. The van der Waals surface area contributed by atoms with Crippen LogP contribution in [0.3, 0.4) is 0 Å². The molecule has 1 saturated heterocycles. The van der Waals surface area contributed by atoms with Gasteiger partial charge in [-0.1, -0.05) is 0 Å². The molecule has 0 bridgehead atoms. The zero-order chi connectivity index (χ0) is 19.3. The highest BCUT2D eigenvalue weighted by atomic mass is 32.2. The van der Waals surface area contributed by atoms with Crippen molar-refractivity contribution < 1.29 is 22.3 Å². The van der Waals surface area contributed by atoms with Gasteiger partial charge in [0.15, 0.2) is 17.4 Å². The monoisotopic (exact) mass is 394 g/mol. The summed E-state index contributed by atoms with van der Waals surface area (Å²) >= 11 is 0. The van der Waals surface area contributed by atoms with E-state index < -0.39 is 27.4 Å². The number of aromatic hydroxyl groups is 1. The van der Waals surface area contributed by atoms with E-state index in [9.17, 15) is 22.3 Å². The summed E-state index contributed by atoms with van der Waals surface area (Å²) in [7, 11) is -3.23. The van der Waals surface area contributed by atoms with Crippen LogP contribution >= 0.6 is 0 Å². The molecule has 3 aromatic rings. The van der Waals surface area contributed by atoms with Crippen molar-refractivity contribution in [3.8, 4) is 11.4 Å². The average Bonchev–Trinajstić information content (AvgIpc) is 2.97. The quantitative estimate of drug-likeness (QED) is 0.704. The predicted molar refractivity (Wildman–Crippen MR) is 96.6 cm³/mol. The van der Waals surface area contributed by atoms with Crippen molar-refractivity contribution in [3.05, 3.63) is 48.2 Å². The van der Waals surface area contributed by atoms with Gasteiger partial charge in [-0.15, -0.1) is 0 Å². The summed E-state index contributed by atoms with van der Waals surface area (Å²) in [5, 5.41) is 14.5. The first-order valence-corrected chi connectivity index (χ1v) is 9.99. The number of sulfonamides is 1. The third kappa shape index (κ3) is 3.33. The largest absolute Gasteiger partial charge is 0.505 e. The Hall–Kier alpha value is -2.72. The van der Waals surface area contributed by atoms with Crippen molar-refractivity contribution in [1.82, 2.24) is 14.5 Å². The molecule has 0 unspecified atom stereocenters. The number of phenolic OH excluding ortho intramolecular Hbond substituents is 1. The summed E-state index contributed by atoms with van der Waals surface area (Å²) in [6, 6.07) is 7.46. The molecule has 7 nitrogen and oxygen atoms in total. The van der Waals surface area contributed by atoms with Crippen LogP contribution in [0.1, 0.15) is 0 Å². The van der Waals surface area contributed by atoms with Crippen molar-refractivity contribution in [2.75, 3.05) is 24.2 Å². The Balaban J connectivity index is 1.60. The minimum absolute atomic E-state index is 0.122. The number of halogens is 2. The van der Waals surface area contributed by atoms with Crippen molar-refractivity contribution in [2.24, 2.45) is 0 Å². The lowest BCUT2D eigenvalue weighted by Gasteiger charge is -2.40. The first kappa shape index (κ1) is 17.7. The number of phenols is 1. The summed E-state index contributed by atoms with van der Waals surface area (Å²) in [5.41, 5.74) is 1.77. The van der Waals surface area contributed by atoms with E-state index in [1.165, 1.54) is 4.68 Å². The zero-order valence-electron chi connectivity index (χ0n) is 14.2. The summed E-state index contributed by atoms with van der Waals surface area (Å²) in [6.07, 6.45) is 2.72. The molecule has 2 heterocycles. The van der Waals surface area contributed by atoms with E-state index in [1.807, 2.05) is 17.0 Å². The van der Waals surface area contributed by atoms with Gasteiger partial charge in [0, 0.05) is 36.3 Å². The van der Waals surface area contributed by atoms with Crippen molar-refractivity contribution in [2.45, 2.75) is 6.04 Å². The first-order valence-electron chi connectivity index (χ1n) is 8.10. The number of rotatable bonds is 4. The fraction of sp³-hybridized carbons (Fsp3) is 0.235. The molecule has 0 spiro atoms. The number of aromatic nitrogens is 2. The van der Waals surface area contributed by atoms with Gasteiger partial charge in [-0.3, -0.25) is 0 Å². The van der Waals surface area contributed by atoms with Crippen LogP contribution in [0.5, 0.6) is 5.75 Å². The molecule has 0 amide bonds. The van der Waals surface area contributed by atoms with Crippen LogP contribution < -0.4 is 9.62 Å². The van der Waals surface area contributed by atoms with E-state index in [-0.39, 0.29) is 11.7 Å². The van der Waals surface area contributed by atoms with Gasteiger partial charge in [0.05, 0.1) is 29.7 Å². The van der Waals surface area contributed by atoms with Crippen molar-refractivity contribution >= 4 is 26.6 Å². The Kier molecular flexibility index (Phi) is 4.04. The SMILES string of the molecule is CS(=O)(=O)NC1CN(c2ccc3c(cnn3-c3cc(O)c(F)c(F)c3)c2)C1. The van der Waals surface area contributed by atoms with Gasteiger partial charge >= 0.3 is 0 Å². The van der Waals surface area contributed by atoms with Crippen LogP contribution in [0.15, 0.2) is 36.5 Å². The summed E-state index contributed by atoms with van der Waals surface area (Å²) in [6.45, 7) is 1.12. The smallest absolute Gasteiger partial charge is 0.209 e. The summed E-state index contributed by atoms with van der Waals surface area (Å²) < 4.78 is 53.3. The molecule has 142 valence electrons. The number of anilines is 1. The minimum atomic E-state index is -3.23. The Morgan fingerprint density at radius 1 is 1.19 bits per heavy atom. The van der Waals surface area contributed by atoms with Crippen LogP contribution in [0.4, 0.5) is 14.5 Å². The van der Waals surface area contributed by atoms with Crippen LogP contribution in [0.2, 0.25) is 0 Å². The molecular weight excluding hydrogens is 378 g/mol. The maximum Gasteiger partial charge on any atom is 0.209 e. The van der Waals surface area contributed by atoms with Gasteiger partial charge in [0.1, 0.15) is 0 Å². The summed E-state index contributed by atoms with van der Waals surface area (Å²) in [4.78, 5) is 2.02. The third-order valence-corrected chi connectivity index (χ3v) is 5.18. The molecule has 1 aliphatic rings. The topological polar surface area (TPSA) is 87.5 Å². The number of nitrogens with zero attached hydrogens (tertiary/aromatic N) is 3. The Morgan fingerprint density at radius 3 is 2.59 bits per heavy atom. The van der Waals surface area contributed by atoms with Gasteiger partial charge in [0.2, 0.25) is 10.0 Å². The molecule has 0 saturated carbocycles. The van der Waals surface area contributed by atoms with E-state index in [1.54, 1.807) is 12.3 Å². The lowest BCUT2D eigenvalue weighted by Crippen LogP contribution is -2.59. The molecule has 10 heteroatoms. The standard InChI is InChI=1S/C17H16F2N4O3S/c1-27(25,26)21-11-8-22(9-11)12-2-3-15-10(4-12)7-20-23(15)13-5-14(18)17(19)16(24)6-13/h2-7,11,21,24H,8-9H2,1H3. The fourth-order valence-electron chi connectivity index (χ4n) is 3.17. The van der Waals surface area contributed by atoms with Gasteiger partial charge < -0.3 is 10.0 Å². The van der Waals surface area contributed by atoms with Gasteiger partial charge in [-0.25, -0.2) is 22.2 Å². The molecular formula is C17H16F2N4O3S. The number of benzene rings is 2. The second-order valence-corrected chi connectivity index (χ2v) is 8.33. The zero-order valence-corrected chi connectivity index (χ0v) is 15.0. The van der Waals surface area contributed by atoms with Crippen LogP contribution in [-0.4, -0.2) is 48.7 Å².